The largest absolute Gasteiger partial charge is 0.398 e. The Hall–Kier alpha value is -0.900. The fraction of sp³-hybridized carbons (Fsp3) is 0.125. The van der Waals surface area contributed by atoms with Crippen molar-refractivity contribution in [2.45, 2.75) is 6.92 Å². The molecule has 64 valence electrons. The second kappa shape index (κ2) is 3.23. The third kappa shape index (κ3) is 1.48. The number of nitrogens with two attached hydrogens (primary N) is 1. The third-order valence-corrected chi connectivity index (χ3v) is 2.25. The molecule has 0 atom stereocenters. The molecule has 1 rings (SSSR count). The van der Waals surface area contributed by atoms with Crippen LogP contribution in [-0.4, -0.2) is 5.78 Å². The molecular formula is C8H7BrFNO. The SMILES string of the molecule is CC(=O)c1c(N)ccc(F)c1Br. The zero-order chi connectivity index (χ0) is 9.30. The molecule has 12 heavy (non-hydrogen) atoms. The first-order valence-electron chi connectivity index (χ1n) is 3.28. The number of hydrogen-bond acceptors (Lipinski definition) is 2. The number of ketones is 1. The van der Waals surface area contributed by atoms with E-state index in [0.29, 0.717) is 0 Å². The van der Waals surface area contributed by atoms with Crippen LogP contribution in [0.15, 0.2) is 16.6 Å². The monoisotopic (exact) mass is 231 g/mol. The van der Waals surface area contributed by atoms with Crippen LogP contribution in [0.4, 0.5) is 10.1 Å². The lowest BCUT2D eigenvalue weighted by atomic mass is 10.1. The summed E-state index contributed by atoms with van der Waals surface area (Å²) in [5.41, 5.74) is 5.97. The summed E-state index contributed by atoms with van der Waals surface area (Å²) in [5.74, 6) is -0.728. The van der Waals surface area contributed by atoms with Gasteiger partial charge >= 0.3 is 0 Å². The minimum Gasteiger partial charge on any atom is -0.398 e. The van der Waals surface area contributed by atoms with E-state index in [9.17, 15) is 9.18 Å². The third-order valence-electron chi connectivity index (χ3n) is 1.48. The smallest absolute Gasteiger partial charge is 0.163 e. The highest BCUT2D eigenvalue weighted by Gasteiger charge is 2.12. The van der Waals surface area contributed by atoms with E-state index >= 15 is 0 Å². The van der Waals surface area contributed by atoms with Crippen molar-refractivity contribution >= 4 is 27.4 Å². The van der Waals surface area contributed by atoms with Gasteiger partial charge in [-0.3, -0.25) is 4.79 Å². The van der Waals surface area contributed by atoms with Crippen LogP contribution in [0.5, 0.6) is 0 Å². The van der Waals surface area contributed by atoms with Crippen LogP contribution in [0.2, 0.25) is 0 Å². The Kier molecular flexibility index (Phi) is 2.47. The van der Waals surface area contributed by atoms with Gasteiger partial charge in [0, 0.05) is 5.69 Å². The van der Waals surface area contributed by atoms with E-state index in [0.717, 1.165) is 0 Å². The maximum absolute atomic E-state index is 12.9. The van der Waals surface area contributed by atoms with Crippen molar-refractivity contribution in [1.82, 2.24) is 0 Å². The van der Waals surface area contributed by atoms with Crippen LogP contribution < -0.4 is 5.73 Å². The molecule has 0 bridgehead atoms. The first-order valence-corrected chi connectivity index (χ1v) is 4.07. The fourth-order valence-electron chi connectivity index (χ4n) is 0.923. The van der Waals surface area contributed by atoms with E-state index in [1.807, 2.05) is 0 Å². The van der Waals surface area contributed by atoms with E-state index in [4.69, 9.17) is 5.73 Å². The van der Waals surface area contributed by atoms with Crippen molar-refractivity contribution in [2.24, 2.45) is 0 Å². The molecule has 2 N–H and O–H groups in total. The van der Waals surface area contributed by atoms with Gasteiger partial charge in [-0.25, -0.2) is 4.39 Å². The molecule has 0 aliphatic heterocycles. The molecule has 0 saturated carbocycles. The molecule has 0 radical (unpaired) electrons. The number of benzene rings is 1. The zero-order valence-electron chi connectivity index (χ0n) is 6.40. The number of hydrogen-bond donors (Lipinski definition) is 1. The number of halogens is 2. The van der Waals surface area contributed by atoms with E-state index in [1.54, 1.807) is 0 Å². The average Bonchev–Trinajstić information content (AvgIpc) is 1.97. The Morgan fingerprint density at radius 3 is 2.58 bits per heavy atom. The molecule has 0 fully saturated rings. The highest BCUT2D eigenvalue weighted by molar-refractivity contribution is 9.10. The number of rotatable bonds is 1. The van der Waals surface area contributed by atoms with Crippen LogP contribution in [0, 0.1) is 5.82 Å². The molecule has 0 unspecified atom stereocenters. The molecular weight excluding hydrogens is 225 g/mol. The van der Waals surface area contributed by atoms with E-state index < -0.39 is 5.82 Å². The topological polar surface area (TPSA) is 43.1 Å². The quantitative estimate of drug-likeness (QED) is 0.596. The molecule has 1 aromatic carbocycles. The number of carbonyl (C=O) groups excluding carboxylic acids is 1. The Bertz CT molecular complexity index is 338. The molecule has 0 amide bonds. The van der Waals surface area contributed by atoms with Gasteiger partial charge in [0.1, 0.15) is 5.82 Å². The molecule has 0 spiro atoms. The lowest BCUT2D eigenvalue weighted by Gasteiger charge is -2.04. The maximum Gasteiger partial charge on any atom is 0.163 e. The van der Waals surface area contributed by atoms with Crippen LogP contribution in [0.25, 0.3) is 0 Å². The lowest BCUT2D eigenvalue weighted by Crippen LogP contribution is -2.02. The Morgan fingerprint density at radius 2 is 2.17 bits per heavy atom. The Labute approximate surface area is 77.7 Å². The van der Waals surface area contributed by atoms with Crippen LogP contribution >= 0.6 is 15.9 Å². The van der Waals surface area contributed by atoms with E-state index in [2.05, 4.69) is 15.9 Å². The molecule has 0 aliphatic carbocycles. The van der Waals surface area contributed by atoms with Crippen molar-refractivity contribution in [2.75, 3.05) is 5.73 Å². The van der Waals surface area contributed by atoms with E-state index in [1.165, 1.54) is 19.1 Å². The highest BCUT2D eigenvalue weighted by atomic mass is 79.9. The average molecular weight is 232 g/mol. The Balaban J connectivity index is 3.43. The summed E-state index contributed by atoms with van der Waals surface area (Å²) in [5, 5.41) is 0. The van der Waals surface area contributed by atoms with Crippen molar-refractivity contribution in [3.8, 4) is 0 Å². The predicted octanol–water partition coefficient (Wildman–Crippen LogP) is 2.37. The number of anilines is 1. The van der Waals surface area contributed by atoms with E-state index in [-0.39, 0.29) is 21.5 Å². The second-order valence-corrected chi connectivity index (χ2v) is 3.17. The molecule has 2 nitrogen and oxygen atoms in total. The van der Waals surface area contributed by atoms with Crippen LogP contribution in [-0.2, 0) is 0 Å². The van der Waals surface area contributed by atoms with Gasteiger partial charge in [0.15, 0.2) is 5.78 Å². The molecule has 1 aromatic rings. The summed E-state index contributed by atoms with van der Waals surface area (Å²) in [4.78, 5) is 11.0. The lowest BCUT2D eigenvalue weighted by molar-refractivity contribution is 0.101. The van der Waals surface area contributed by atoms with Gasteiger partial charge in [-0.1, -0.05) is 0 Å². The molecule has 4 heteroatoms. The first kappa shape index (κ1) is 9.19. The molecule has 0 aliphatic rings. The summed E-state index contributed by atoms with van der Waals surface area (Å²) in [6.45, 7) is 1.34. The van der Waals surface area contributed by atoms with Gasteiger partial charge in [0.25, 0.3) is 0 Å². The normalized spacial score (nSPS) is 9.92. The summed E-state index contributed by atoms with van der Waals surface area (Å²) >= 11 is 2.96. The van der Waals surface area contributed by atoms with Crippen molar-refractivity contribution in [3.05, 3.63) is 28.0 Å². The Morgan fingerprint density at radius 1 is 1.58 bits per heavy atom. The van der Waals surface area contributed by atoms with Gasteiger partial charge in [-0.2, -0.15) is 0 Å². The molecule has 0 heterocycles. The first-order chi connectivity index (χ1) is 5.54. The van der Waals surface area contributed by atoms with Gasteiger partial charge in [-0.15, -0.1) is 0 Å². The zero-order valence-corrected chi connectivity index (χ0v) is 7.98. The fourth-order valence-corrected chi connectivity index (χ4v) is 1.56. The van der Waals surface area contributed by atoms with Crippen molar-refractivity contribution in [1.29, 1.82) is 0 Å². The summed E-state index contributed by atoms with van der Waals surface area (Å²) in [6.07, 6.45) is 0. The van der Waals surface area contributed by atoms with Gasteiger partial charge in [0.2, 0.25) is 0 Å². The van der Waals surface area contributed by atoms with Gasteiger partial charge in [-0.05, 0) is 35.0 Å². The summed E-state index contributed by atoms with van der Waals surface area (Å²) in [6, 6.07) is 2.59. The van der Waals surface area contributed by atoms with Crippen LogP contribution in [0.1, 0.15) is 17.3 Å². The summed E-state index contributed by atoms with van der Waals surface area (Å²) < 4.78 is 13.0. The summed E-state index contributed by atoms with van der Waals surface area (Å²) in [7, 11) is 0. The molecule has 0 aromatic heterocycles. The predicted molar refractivity (Wildman–Crippen MR) is 48.5 cm³/mol. The molecule has 0 saturated heterocycles. The minimum absolute atomic E-state index is 0.134. The van der Waals surface area contributed by atoms with Crippen molar-refractivity contribution < 1.29 is 9.18 Å². The van der Waals surface area contributed by atoms with Gasteiger partial charge < -0.3 is 5.73 Å². The van der Waals surface area contributed by atoms with Crippen molar-refractivity contribution in [3.63, 3.8) is 0 Å². The minimum atomic E-state index is -0.477. The number of nitrogen functional groups attached to an aromatic ring is 1. The number of Topliss-reactive ketones (excluding diaryl/α,β-unsaturated/α-hetero) is 1. The van der Waals surface area contributed by atoms with Crippen LogP contribution in [0.3, 0.4) is 0 Å². The second-order valence-electron chi connectivity index (χ2n) is 2.38. The maximum atomic E-state index is 12.9. The highest BCUT2D eigenvalue weighted by Crippen LogP contribution is 2.25. The van der Waals surface area contributed by atoms with Gasteiger partial charge in [0.05, 0.1) is 10.0 Å². The number of carbonyl (C=O) groups is 1. The standard InChI is InChI=1S/C8H7BrFNO/c1-4(12)7-6(11)3-2-5(10)8(7)9/h2-3H,11H2,1H3.